The molecule has 4 rings (SSSR count). The summed E-state index contributed by atoms with van der Waals surface area (Å²) in [5, 5.41) is 6.11. The minimum Gasteiger partial charge on any atom is -0.474 e. The van der Waals surface area contributed by atoms with Crippen LogP contribution in [-0.4, -0.2) is 36.4 Å². The molecular formula is C21H35N3O3. The van der Waals surface area contributed by atoms with Crippen LogP contribution in [0.4, 0.5) is 4.79 Å². The number of pyridine rings is 1. The lowest BCUT2D eigenvalue weighted by Gasteiger charge is -2.22. The van der Waals surface area contributed by atoms with Crippen LogP contribution in [0.2, 0.25) is 0 Å². The van der Waals surface area contributed by atoms with Gasteiger partial charge in [-0.15, -0.1) is 0 Å². The van der Waals surface area contributed by atoms with E-state index in [1.807, 2.05) is 12.1 Å². The van der Waals surface area contributed by atoms with Gasteiger partial charge in [-0.05, 0) is 29.9 Å². The van der Waals surface area contributed by atoms with E-state index in [0.29, 0.717) is 24.4 Å². The number of nitrogens with one attached hydrogen (secondary N) is 2. The molecule has 3 aliphatic rings. The van der Waals surface area contributed by atoms with E-state index in [2.05, 4.69) is 15.6 Å². The molecule has 0 aromatic carbocycles. The zero-order chi connectivity index (χ0) is 18.5. The zero-order valence-corrected chi connectivity index (χ0v) is 16.0. The average molecular weight is 378 g/mol. The lowest BCUT2D eigenvalue weighted by atomic mass is 9.85. The number of hydrogen-bond donors (Lipinski definition) is 2. The number of hydrogen-bond acceptors (Lipinski definition) is 4. The number of nitrogens with zero attached hydrogens (tertiary/aromatic N) is 1. The summed E-state index contributed by atoms with van der Waals surface area (Å²) < 4.78 is 11.3. The zero-order valence-electron chi connectivity index (χ0n) is 16.0. The molecule has 0 bridgehead atoms. The summed E-state index contributed by atoms with van der Waals surface area (Å²) in [5.74, 6) is 2.16. The second-order valence-corrected chi connectivity index (χ2v) is 8.16. The van der Waals surface area contributed by atoms with E-state index in [0.717, 1.165) is 44.0 Å². The van der Waals surface area contributed by atoms with Gasteiger partial charge in [-0.2, -0.15) is 0 Å². The van der Waals surface area contributed by atoms with Crippen molar-refractivity contribution in [2.75, 3.05) is 13.2 Å². The molecule has 2 heterocycles. The number of aromatic nitrogens is 1. The Morgan fingerprint density at radius 3 is 2.85 bits per heavy atom. The van der Waals surface area contributed by atoms with Crippen LogP contribution in [0.5, 0.6) is 5.88 Å². The van der Waals surface area contributed by atoms with Crippen LogP contribution < -0.4 is 15.4 Å². The minimum atomic E-state index is -0.0676. The lowest BCUT2D eigenvalue weighted by Crippen LogP contribution is -2.37. The Hall–Kier alpha value is -1.82. The molecule has 1 aromatic rings. The largest absolute Gasteiger partial charge is 0.474 e. The molecule has 1 aromatic heterocycles. The molecule has 0 radical (unpaired) electrons. The molecule has 1 aliphatic heterocycles. The predicted molar refractivity (Wildman–Crippen MR) is 107 cm³/mol. The quantitative estimate of drug-likeness (QED) is 0.789. The maximum atomic E-state index is 12.2. The standard InChI is InChI=1S/C21H31N3O3.2H2/c25-21(24-19-13-18(19)16-4-2-1-3-5-16)23-14-15-6-9-22-20(12-15)27-17-7-10-26-11-8-17;;/h6,9,12,16-19H,1-5,7-8,10-11,13-14H2,(H2,23,24,25);2*1H. The third-order valence-electron chi connectivity index (χ3n) is 6.12. The van der Waals surface area contributed by atoms with Crippen molar-refractivity contribution in [3.8, 4) is 5.88 Å². The highest BCUT2D eigenvalue weighted by Crippen LogP contribution is 2.44. The van der Waals surface area contributed by atoms with Gasteiger partial charge in [0.1, 0.15) is 6.10 Å². The van der Waals surface area contributed by atoms with Crippen molar-refractivity contribution in [2.24, 2.45) is 11.8 Å². The van der Waals surface area contributed by atoms with Crippen LogP contribution in [0.15, 0.2) is 18.3 Å². The molecular weight excluding hydrogens is 342 g/mol. The first-order chi connectivity index (χ1) is 13.3. The predicted octanol–water partition coefficient (Wildman–Crippen LogP) is 3.90. The molecule has 2 atom stereocenters. The maximum Gasteiger partial charge on any atom is 0.315 e. The van der Waals surface area contributed by atoms with Crippen molar-refractivity contribution in [1.29, 1.82) is 0 Å². The second-order valence-electron chi connectivity index (χ2n) is 8.16. The molecule has 1 saturated heterocycles. The molecule has 6 nitrogen and oxygen atoms in total. The van der Waals surface area contributed by atoms with E-state index >= 15 is 0 Å². The molecule has 2 N–H and O–H groups in total. The first kappa shape index (κ1) is 18.5. The third-order valence-corrected chi connectivity index (χ3v) is 6.12. The van der Waals surface area contributed by atoms with Gasteiger partial charge in [-0.1, -0.05) is 32.1 Å². The van der Waals surface area contributed by atoms with Crippen molar-refractivity contribution >= 4 is 6.03 Å². The van der Waals surface area contributed by atoms with Gasteiger partial charge in [0.05, 0.1) is 13.2 Å². The Morgan fingerprint density at radius 2 is 2.04 bits per heavy atom. The van der Waals surface area contributed by atoms with Crippen LogP contribution in [0.1, 0.15) is 59.8 Å². The molecule has 3 fully saturated rings. The topological polar surface area (TPSA) is 72.5 Å². The summed E-state index contributed by atoms with van der Waals surface area (Å²) in [7, 11) is 0. The third kappa shape index (κ3) is 5.34. The second kappa shape index (κ2) is 8.91. The number of carbonyl (C=O) groups is 1. The number of urea groups is 1. The van der Waals surface area contributed by atoms with Crippen LogP contribution in [0, 0.1) is 11.8 Å². The Labute approximate surface area is 164 Å². The fourth-order valence-electron chi connectivity index (χ4n) is 4.46. The van der Waals surface area contributed by atoms with E-state index in [-0.39, 0.29) is 15.0 Å². The molecule has 6 heteroatoms. The Balaban J connectivity index is 0.00000150. The average Bonchev–Trinajstić information content (AvgIpc) is 3.47. The minimum absolute atomic E-state index is 0. The van der Waals surface area contributed by atoms with Gasteiger partial charge in [0.15, 0.2) is 0 Å². The fraction of sp³-hybridized carbons (Fsp3) is 0.714. The maximum absolute atomic E-state index is 12.2. The molecule has 2 amide bonds. The smallest absolute Gasteiger partial charge is 0.315 e. The number of amides is 2. The first-order valence-electron chi connectivity index (χ1n) is 10.5. The SMILES string of the molecule is O=C(NCc1ccnc(OC2CCOCC2)c1)NC1CC1C1CCCCC1.[HH].[HH]. The van der Waals surface area contributed by atoms with Crippen LogP contribution >= 0.6 is 0 Å². The molecule has 0 spiro atoms. The van der Waals surface area contributed by atoms with Gasteiger partial charge in [0.2, 0.25) is 5.88 Å². The molecule has 152 valence electrons. The van der Waals surface area contributed by atoms with Gasteiger partial charge in [-0.3, -0.25) is 0 Å². The number of ether oxygens (including phenoxy) is 2. The lowest BCUT2D eigenvalue weighted by molar-refractivity contribution is 0.0237. The molecule has 2 saturated carbocycles. The van der Waals surface area contributed by atoms with Crippen LogP contribution in [0.25, 0.3) is 0 Å². The summed E-state index contributed by atoms with van der Waals surface area (Å²) in [5.41, 5.74) is 1.00. The van der Waals surface area contributed by atoms with Crippen molar-refractivity contribution in [3.05, 3.63) is 23.9 Å². The Morgan fingerprint density at radius 1 is 1.22 bits per heavy atom. The van der Waals surface area contributed by atoms with E-state index in [4.69, 9.17) is 9.47 Å². The van der Waals surface area contributed by atoms with Crippen molar-refractivity contribution in [1.82, 2.24) is 15.6 Å². The molecule has 2 unspecified atom stereocenters. The van der Waals surface area contributed by atoms with Gasteiger partial charge < -0.3 is 20.1 Å². The molecule has 27 heavy (non-hydrogen) atoms. The fourth-order valence-corrected chi connectivity index (χ4v) is 4.46. The van der Waals surface area contributed by atoms with E-state index in [1.165, 1.54) is 32.1 Å². The van der Waals surface area contributed by atoms with Crippen molar-refractivity contribution in [3.63, 3.8) is 0 Å². The monoisotopic (exact) mass is 377 g/mol. The summed E-state index contributed by atoms with van der Waals surface area (Å²) >= 11 is 0. The summed E-state index contributed by atoms with van der Waals surface area (Å²) in [6.07, 6.45) is 11.7. The highest BCUT2D eigenvalue weighted by atomic mass is 16.5. The summed E-state index contributed by atoms with van der Waals surface area (Å²) in [6, 6.07) is 4.14. The van der Waals surface area contributed by atoms with E-state index in [9.17, 15) is 4.79 Å². The normalized spacial score (nSPS) is 26.4. The number of rotatable bonds is 6. The summed E-state index contributed by atoms with van der Waals surface area (Å²) in [6.45, 7) is 1.98. The van der Waals surface area contributed by atoms with Gasteiger partial charge in [0, 0.05) is 40.5 Å². The Bertz CT molecular complexity index is 637. The highest BCUT2D eigenvalue weighted by Gasteiger charge is 2.43. The number of carbonyl (C=O) groups excluding carboxylic acids is 1. The molecule has 2 aliphatic carbocycles. The van der Waals surface area contributed by atoms with Gasteiger partial charge in [-0.25, -0.2) is 9.78 Å². The van der Waals surface area contributed by atoms with Gasteiger partial charge >= 0.3 is 6.03 Å². The van der Waals surface area contributed by atoms with Crippen LogP contribution in [-0.2, 0) is 11.3 Å². The highest BCUT2D eigenvalue weighted by molar-refractivity contribution is 5.74. The van der Waals surface area contributed by atoms with Crippen LogP contribution in [0.3, 0.4) is 0 Å². The van der Waals surface area contributed by atoms with Crippen molar-refractivity contribution in [2.45, 2.75) is 70.1 Å². The summed E-state index contributed by atoms with van der Waals surface area (Å²) in [4.78, 5) is 16.5. The van der Waals surface area contributed by atoms with E-state index in [1.54, 1.807) is 6.20 Å². The first-order valence-corrected chi connectivity index (χ1v) is 10.5. The van der Waals surface area contributed by atoms with Gasteiger partial charge in [0.25, 0.3) is 0 Å². The van der Waals surface area contributed by atoms with E-state index < -0.39 is 0 Å². The Kier molecular flexibility index (Phi) is 6.12. The van der Waals surface area contributed by atoms with Crippen molar-refractivity contribution < 1.29 is 17.1 Å².